The number of ether oxygens (including phenoxy) is 1. The fourth-order valence-electron chi connectivity index (χ4n) is 1.30. The third-order valence-electron chi connectivity index (χ3n) is 2.08. The van der Waals surface area contributed by atoms with Crippen molar-refractivity contribution in [1.82, 2.24) is 4.98 Å². The smallest absolute Gasteiger partial charge is 0.140 e. The van der Waals surface area contributed by atoms with Crippen LogP contribution in [-0.2, 0) is 6.42 Å². The van der Waals surface area contributed by atoms with Gasteiger partial charge in [-0.15, -0.1) is 0 Å². The van der Waals surface area contributed by atoms with Gasteiger partial charge in [-0.05, 0) is 31.4 Å². The molecule has 2 nitrogen and oxygen atoms in total. The highest BCUT2D eigenvalue weighted by molar-refractivity contribution is 5.26. The number of aromatic nitrogens is 1. The van der Waals surface area contributed by atoms with Crippen molar-refractivity contribution in [2.24, 2.45) is 0 Å². The van der Waals surface area contributed by atoms with Gasteiger partial charge in [0.25, 0.3) is 0 Å². The lowest BCUT2D eigenvalue weighted by molar-refractivity contribution is 0.312. The van der Waals surface area contributed by atoms with Crippen LogP contribution in [0.5, 0.6) is 5.75 Å². The summed E-state index contributed by atoms with van der Waals surface area (Å²) < 4.78 is 5.62. The second-order valence-corrected chi connectivity index (χ2v) is 3.40. The SMILES string of the molecule is C.CCCCc1ncccc1OCCC. The van der Waals surface area contributed by atoms with Gasteiger partial charge in [0.2, 0.25) is 0 Å². The molecule has 86 valence electrons. The van der Waals surface area contributed by atoms with Crippen LogP contribution in [0.4, 0.5) is 0 Å². The second-order valence-electron chi connectivity index (χ2n) is 3.40. The summed E-state index contributed by atoms with van der Waals surface area (Å²) in [5, 5.41) is 0. The van der Waals surface area contributed by atoms with Gasteiger partial charge in [0.15, 0.2) is 0 Å². The lowest BCUT2D eigenvalue weighted by Gasteiger charge is -2.08. The molecule has 1 aromatic heterocycles. The second kappa shape index (κ2) is 8.27. The van der Waals surface area contributed by atoms with E-state index in [4.69, 9.17) is 4.74 Å². The topological polar surface area (TPSA) is 22.1 Å². The molecule has 0 aliphatic heterocycles. The quantitative estimate of drug-likeness (QED) is 0.710. The highest BCUT2D eigenvalue weighted by Gasteiger charge is 2.02. The van der Waals surface area contributed by atoms with E-state index in [-0.39, 0.29) is 7.43 Å². The Bertz CT molecular complexity index is 233. The highest BCUT2D eigenvalue weighted by atomic mass is 16.5. The van der Waals surface area contributed by atoms with Crippen molar-refractivity contribution in [1.29, 1.82) is 0 Å². The molecule has 0 saturated heterocycles. The molecule has 0 fully saturated rings. The normalized spacial score (nSPS) is 9.47. The Balaban J connectivity index is 0.00000196. The van der Waals surface area contributed by atoms with E-state index in [1.807, 2.05) is 18.3 Å². The zero-order chi connectivity index (χ0) is 10.2. The molecule has 1 aromatic rings. The summed E-state index contributed by atoms with van der Waals surface area (Å²) >= 11 is 0. The molecule has 1 rings (SSSR count). The van der Waals surface area contributed by atoms with Crippen LogP contribution in [0.15, 0.2) is 18.3 Å². The van der Waals surface area contributed by atoms with Crippen LogP contribution in [0.25, 0.3) is 0 Å². The lowest BCUT2D eigenvalue weighted by Crippen LogP contribution is -2.00. The number of unbranched alkanes of at least 4 members (excludes halogenated alkanes) is 1. The van der Waals surface area contributed by atoms with Gasteiger partial charge in [-0.1, -0.05) is 27.7 Å². The molecule has 0 unspecified atom stereocenters. The molecule has 0 aliphatic rings. The number of hydrogen-bond acceptors (Lipinski definition) is 2. The first-order valence-corrected chi connectivity index (χ1v) is 5.45. The van der Waals surface area contributed by atoms with Gasteiger partial charge < -0.3 is 4.74 Å². The average molecular weight is 209 g/mol. The molecular formula is C13H23NO. The zero-order valence-electron chi connectivity index (χ0n) is 9.12. The van der Waals surface area contributed by atoms with Crippen LogP contribution < -0.4 is 4.74 Å². The third kappa shape index (κ3) is 4.82. The minimum atomic E-state index is 0. The van der Waals surface area contributed by atoms with Crippen LogP contribution in [0.1, 0.15) is 46.2 Å². The summed E-state index contributed by atoms with van der Waals surface area (Å²) in [7, 11) is 0. The maximum atomic E-state index is 5.62. The van der Waals surface area contributed by atoms with E-state index in [0.29, 0.717) is 0 Å². The van der Waals surface area contributed by atoms with E-state index >= 15 is 0 Å². The van der Waals surface area contributed by atoms with Crippen LogP contribution in [0.3, 0.4) is 0 Å². The highest BCUT2D eigenvalue weighted by Crippen LogP contribution is 2.17. The molecule has 2 heteroatoms. The van der Waals surface area contributed by atoms with Crippen LogP contribution in [0.2, 0.25) is 0 Å². The molecule has 15 heavy (non-hydrogen) atoms. The predicted octanol–water partition coefficient (Wildman–Crippen LogP) is 3.85. The first kappa shape index (κ1) is 13.9. The largest absolute Gasteiger partial charge is 0.492 e. The van der Waals surface area contributed by atoms with E-state index < -0.39 is 0 Å². The maximum Gasteiger partial charge on any atom is 0.140 e. The van der Waals surface area contributed by atoms with Gasteiger partial charge >= 0.3 is 0 Å². The fraction of sp³-hybridized carbons (Fsp3) is 0.615. The molecule has 0 spiro atoms. The van der Waals surface area contributed by atoms with E-state index in [1.165, 1.54) is 12.8 Å². The third-order valence-corrected chi connectivity index (χ3v) is 2.08. The Labute approximate surface area is 93.7 Å². The average Bonchev–Trinajstić information content (AvgIpc) is 2.24. The van der Waals surface area contributed by atoms with Gasteiger partial charge in [0.1, 0.15) is 5.75 Å². The summed E-state index contributed by atoms with van der Waals surface area (Å²) in [4.78, 5) is 4.34. The molecule has 0 bridgehead atoms. The summed E-state index contributed by atoms with van der Waals surface area (Å²) in [6, 6.07) is 3.94. The summed E-state index contributed by atoms with van der Waals surface area (Å²) in [5.41, 5.74) is 1.10. The molecule has 1 heterocycles. The molecule has 0 amide bonds. The Kier molecular flexibility index (Phi) is 7.69. The van der Waals surface area contributed by atoms with Crippen molar-refractivity contribution >= 4 is 0 Å². The Morgan fingerprint density at radius 3 is 2.73 bits per heavy atom. The molecule has 0 aromatic carbocycles. The predicted molar refractivity (Wildman–Crippen MR) is 65.4 cm³/mol. The molecule has 0 atom stereocenters. The van der Waals surface area contributed by atoms with Gasteiger partial charge in [0.05, 0.1) is 12.3 Å². The Morgan fingerprint density at radius 1 is 1.27 bits per heavy atom. The van der Waals surface area contributed by atoms with Gasteiger partial charge in [-0.3, -0.25) is 4.98 Å². The van der Waals surface area contributed by atoms with Crippen molar-refractivity contribution in [3.63, 3.8) is 0 Å². The van der Waals surface area contributed by atoms with Gasteiger partial charge in [-0.2, -0.15) is 0 Å². The fourth-order valence-corrected chi connectivity index (χ4v) is 1.30. The zero-order valence-corrected chi connectivity index (χ0v) is 9.12. The number of hydrogen-bond donors (Lipinski definition) is 0. The van der Waals surface area contributed by atoms with Crippen molar-refractivity contribution in [2.75, 3.05) is 6.61 Å². The first-order chi connectivity index (χ1) is 6.88. The van der Waals surface area contributed by atoms with E-state index in [0.717, 1.165) is 30.9 Å². The standard InChI is InChI=1S/C12H19NO.CH4/c1-3-5-7-11-12(14-10-4-2)8-6-9-13-11;/h6,8-9H,3-5,7,10H2,1-2H3;1H4. The number of rotatable bonds is 6. The van der Waals surface area contributed by atoms with Gasteiger partial charge in [0, 0.05) is 6.20 Å². The van der Waals surface area contributed by atoms with Crippen molar-refractivity contribution in [2.45, 2.75) is 47.0 Å². The van der Waals surface area contributed by atoms with E-state index in [2.05, 4.69) is 18.8 Å². The van der Waals surface area contributed by atoms with Crippen LogP contribution in [-0.4, -0.2) is 11.6 Å². The van der Waals surface area contributed by atoms with Crippen LogP contribution in [0, 0.1) is 0 Å². The van der Waals surface area contributed by atoms with Crippen LogP contribution >= 0.6 is 0 Å². The monoisotopic (exact) mass is 209 g/mol. The summed E-state index contributed by atoms with van der Waals surface area (Å²) in [6.07, 6.45) is 6.28. The Morgan fingerprint density at radius 2 is 2.07 bits per heavy atom. The van der Waals surface area contributed by atoms with E-state index in [1.54, 1.807) is 0 Å². The molecule has 0 radical (unpaired) electrons. The molecule has 0 N–H and O–H groups in total. The molecular weight excluding hydrogens is 186 g/mol. The number of aryl methyl sites for hydroxylation is 1. The first-order valence-electron chi connectivity index (χ1n) is 5.45. The Hall–Kier alpha value is -1.05. The summed E-state index contributed by atoms with van der Waals surface area (Å²) in [6.45, 7) is 5.09. The maximum absolute atomic E-state index is 5.62. The summed E-state index contributed by atoms with van der Waals surface area (Å²) in [5.74, 6) is 0.961. The number of nitrogens with zero attached hydrogens (tertiary/aromatic N) is 1. The van der Waals surface area contributed by atoms with E-state index in [9.17, 15) is 0 Å². The van der Waals surface area contributed by atoms with Gasteiger partial charge in [-0.25, -0.2) is 0 Å². The molecule has 0 aliphatic carbocycles. The van der Waals surface area contributed by atoms with Crippen molar-refractivity contribution in [3.8, 4) is 5.75 Å². The lowest BCUT2D eigenvalue weighted by atomic mass is 10.2. The molecule has 0 saturated carbocycles. The number of pyridine rings is 1. The van der Waals surface area contributed by atoms with Crippen molar-refractivity contribution < 1.29 is 4.74 Å². The minimum absolute atomic E-state index is 0. The van der Waals surface area contributed by atoms with Crippen molar-refractivity contribution in [3.05, 3.63) is 24.0 Å². The minimum Gasteiger partial charge on any atom is -0.492 e.